The summed E-state index contributed by atoms with van der Waals surface area (Å²) in [5.74, 6) is 0.961. The van der Waals surface area contributed by atoms with Crippen LogP contribution in [0.5, 0.6) is 0 Å². The Morgan fingerprint density at radius 3 is 2.94 bits per heavy atom. The number of H-pyrrole nitrogens is 2. The van der Waals surface area contributed by atoms with Gasteiger partial charge in [0.1, 0.15) is 0 Å². The maximum absolute atomic E-state index is 11.2. The molecular formula is C10H8N4O2. The van der Waals surface area contributed by atoms with Gasteiger partial charge in [-0.2, -0.15) is 4.98 Å². The molecular weight excluding hydrogens is 208 g/mol. The Labute approximate surface area is 89.3 Å². The fraction of sp³-hybridized carbons (Fsp3) is 0.100. The highest BCUT2D eigenvalue weighted by Gasteiger charge is 2.11. The van der Waals surface area contributed by atoms with E-state index in [1.54, 1.807) is 6.92 Å². The summed E-state index contributed by atoms with van der Waals surface area (Å²) in [6, 6.07) is 5.47. The van der Waals surface area contributed by atoms with E-state index in [-0.39, 0.29) is 5.69 Å². The van der Waals surface area contributed by atoms with Gasteiger partial charge in [0.2, 0.25) is 11.7 Å². The largest absolute Gasteiger partial charge is 0.339 e. The second-order valence-corrected chi connectivity index (χ2v) is 3.44. The Balaban J connectivity index is 2.34. The third kappa shape index (κ3) is 1.23. The predicted molar refractivity (Wildman–Crippen MR) is 56.9 cm³/mol. The van der Waals surface area contributed by atoms with Gasteiger partial charge in [-0.25, -0.2) is 4.79 Å². The summed E-state index contributed by atoms with van der Waals surface area (Å²) in [7, 11) is 0. The van der Waals surface area contributed by atoms with Crippen molar-refractivity contribution in [2.24, 2.45) is 0 Å². The summed E-state index contributed by atoms with van der Waals surface area (Å²) < 4.78 is 4.91. The molecule has 2 aromatic heterocycles. The van der Waals surface area contributed by atoms with Crippen LogP contribution in [0.3, 0.4) is 0 Å². The van der Waals surface area contributed by atoms with Crippen molar-refractivity contribution in [3.63, 3.8) is 0 Å². The molecule has 3 aromatic rings. The molecule has 2 heterocycles. The van der Waals surface area contributed by atoms with E-state index in [0.29, 0.717) is 17.2 Å². The molecule has 2 N–H and O–H groups in total. The molecule has 0 saturated carbocycles. The monoisotopic (exact) mass is 216 g/mol. The van der Waals surface area contributed by atoms with Gasteiger partial charge in [-0.3, -0.25) is 0 Å². The maximum Gasteiger partial charge on any atom is 0.323 e. The molecule has 0 bridgehead atoms. The molecule has 80 valence electrons. The van der Waals surface area contributed by atoms with Gasteiger partial charge >= 0.3 is 5.69 Å². The normalized spacial score (nSPS) is 11.1. The Kier molecular flexibility index (Phi) is 1.70. The molecule has 16 heavy (non-hydrogen) atoms. The minimum absolute atomic E-state index is 0.248. The number of imidazole rings is 1. The molecule has 0 aliphatic rings. The summed E-state index contributed by atoms with van der Waals surface area (Å²) in [4.78, 5) is 20.7. The smallest absolute Gasteiger partial charge is 0.323 e. The number of aromatic nitrogens is 4. The fourth-order valence-corrected chi connectivity index (χ4v) is 1.65. The number of aryl methyl sites for hydroxylation is 1. The quantitative estimate of drug-likeness (QED) is 0.640. The molecule has 0 radical (unpaired) electrons. The lowest BCUT2D eigenvalue weighted by atomic mass is 10.2. The highest BCUT2D eigenvalue weighted by Crippen LogP contribution is 2.22. The van der Waals surface area contributed by atoms with Crippen LogP contribution in [-0.4, -0.2) is 20.1 Å². The second kappa shape index (κ2) is 3.06. The molecule has 0 aliphatic heterocycles. The van der Waals surface area contributed by atoms with Gasteiger partial charge in [-0.05, 0) is 12.1 Å². The van der Waals surface area contributed by atoms with E-state index in [0.717, 1.165) is 11.1 Å². The molecule has 0 atom stereocenters. The van der Waals surface area contributed by atoms with E-state index in [1.807, 2.05) is 18.2 Å². The lowest BCUT2D eigenvalue weighted by molar-refractivity contribution is 0.394. The third-order valence-electron chi connectivity index (χ3n) is 2.32. The highest BCUT2D eigenvalue weighted by atomic mass is 16.5. The van der Waals surface area contributed by atoms with Crippen molar-refractivity contribution in [1.29, 1.82) is 0 Å². The minimum Gasteiger partial charge on any atom is -0.339 e. The first-order valence-electron chi connectivity index (χ1n) is 4.76. The van der Waals surface area contributed by atoms with Gasteiger partial charge < -0.3 is 14.5 Å². The lowest BCUT2D eigenvalue weighted by Crippen LogP contribution is -1.99. The van der Waals surface area contributed by atoms with E-state index >= 15 is 0 Å². The number of aromatic amines is 2. The number of para-hydroxylation sites is 1. The van der Waals surface area contributed by atoms with Gasteiger partial charge in [0.05, 0.1) is 11.0 Å². The fourth-order valence-electron chi connectivity index (χ4n) is 1.65. The average molecular weight is 216 g/mol. The SMILES string of the molecule is Cc1nc(-c2cccc3[nH]c(=O)[nH]c23)no1. The van der Waals surface area contributed by atoms with Crippen molar-refractivity contribution in [3.8, 4) is 11.4 Å². The number of rotatable bonds is 1. The number of nitrogens with one attached hydrogen (secondary N) is 2. The molecule has 0 unspecified atom stereocenters. The first-order chi connectivity index (χ1) is 7.74. The van der Waals surface area contributed by atoms with E-state index in [9.17, 15) is 4.79 Å². The number of benzene rings is 1. The third-order valence-corrected chi connectivity index (χ3v) is 2.32. The number of hydrogen-bond donors (Lipinski definition) is 2. The van der Waals surface area contributed by atoms with E-state index in [4.69, 9.17) is 4.52 Å². The molecule has 0 fully saturated rings. The Hall–Kier alpha value is -2.37. The highest BCUT2D eigenvalue weighted by molar-refractivity contribution is 5.89. The Bertz CT molecular complexity index is 707. The zero-order valence-corrected chi connectivity index (χ0v) is 8.44. The Morgan fingerprint density at radius 1 is 1.31 bits per heavy atom. The Morgan fingerprint density at radius 2 is 2.19 bits per heavy atom. The first kappa shape index (κ1) is 8.90. The summed E-state index contributed by atoms with van der Waals surface area (Å²) >= 11 is 0. The topological polar surface area (TPSA) is 87.6 Å². The number of nitrogens with zero attached hydrogens (tertiary/aromatic N) is 2. The average Bonchev–Trinajstić information content (AvgIpc) is 2.82. The van der Waals surface area contributed by atoms with Crippen molar-refractivity contribution in [2.45, 2.75) is 6.92 Å². The lowest BCUT2D eigenvalue weighted by Gasteiger charge is -1.95. The van der Waals surface area contributed by atoms with Crippen LogP contribution >= 0.6 is 0 Å². The summed E-state index contributed by atoms with van der Waals surface area (Å²) in [5.41, 5.74) is 1.91. The number of fused-ring (bicyclic) bond motifs is 1. The molecule has 1 aromatic carbocycles. The predicted octanol–water partition coefficient (Wildman–Crippen LogP) is 1.21. The van der Waals surface area contributed by atoms with Crippen molar-refractivity contribution in [3.05, 3.63) is 34.6 Å². The zero-order valence-electron chi connectivity index (χ0n) is 8.44. The van der Waals surface area contributed by atoms with Crippen molar-refractivity contribution >= 4 is 11.0 Å². The molecule has 0 saturated heterocycles. The second-order valence-electron chi connectivity index (χ2n) is 3.44. The van der Waals surface area contributed by atoms with Gasteiger partial charge in [-0.15, -0.1) is 0 Å². The van der Waals surface area contributed by atoms with Crippen LogP contribution in [0.1, 0.15) is 5.89 Å². The molecule has 0 spiro atoms. The van der Waals surface area contributed by atoms with Crippen LogP contribution < -0.4 is 5.69 Å². The van der Waals surface area contributed by atoms with Gasteiger partial charge in [0, 0.05) is 12.5 Å². The number of hydrogen-bond acceptors (Lipinski definition) is 4. The van der Waals surface area contributed by atoms with Crippen LogP contribution in [0.2, 0.25) is 0 Å². The molecule has 0 amide bonds. The summed E-state index contributed by atoms with van der Waals surface area (Å²) in [6.07, 6.45) is 0. The van der Waals surface area contributed by atoms with Crippen molar-refractivity contribution in [2.75, 3.05) is 0 Å². The van der Waals surface area contributed by atoms with Crippen LogP contribution in [0, 0.1) is 6.92 Å². The molecule has 0 aliphatic carbocycles. The van der Waals surface area contributed by atoms with Gasteiger partial charge in [0.25, 0.3) is 0 Å². The molecule has 6 nitrogen and oxygen atoms in total. The van der Waals surface area contributed by atoms with E-state index in [2.05, 4.69) is 20.1 Å². The van der Waals surface area contributed by atoms with Crippen LogP contribution in [0.25, 0.3) is 22.4 Å². The van der Waals surface area contributed by atoms with Crippen LogP contribution in [0.4, 0.5) is 0 Å². The van der Waals surface area contributed by atoms with E-state index < -0.39 is 0 Å². The van der Waals surface area contributed by atoms with E-state index in [1.165, 1.54) is 0 Å². The first-order valence-corrected chi connectivity index (χ1v) is 4.76. The van der Waals surface area contributed by atoms with Crippen LogP contribution in [0.15, 0.2) is 27.5 Å². The van der Waals surface area contributed by atoms with Gasteiger partial charge in [0.15, 0.2) is 0 Å². The maximum atomic E-state index is 11.2. The zero-order chi connectivity index (χ0) is 11.1. The van der Waals surface area contributed by atoms with Gasteiger partial charge in [-0.1, -0.05) is 11.2 Å². The van der Waals surface area contributed by atoms with Crippen molar-refractivity contribution < 1.29 is 4.52 Å². The summed E-state index contributed by atoms with van der Waals surface area (Å²) in [6.45, 7) is 1.72. The minimum atomic E-state index is -0.248. The molecule has 6 heteroatoms. The summed E-state index contributed by atoms with van der Waals surface area (Å²) in [5, 5.41) is 3.82. The van der Waals surface area contributed by atoms with Crippen molar-refractivity contribution in [1.82, 2.24) is 20.1 Å². The van der Waals surface area contributed by atoms with Crippen LogP contribution in [-0.2, 0) is 0 Å². The standard InChI is InChI=1S/C10H8N4O2/c1-5-11-9(14-16-5)6-3-2-4-7-8(6)13-10(15)12-7/h2-4H,1H3,(H2,12,13,15). The molecule has 3 rings (SSSR count).